The maximum absolute atomic E-state index is 14.9. The first kappa shape index (κ1) is 54.2. The van der Waals surface area contributed by atoms with Gasteiger partial charge in [-0.3, -0.25) is 38.9 Å². The van der Waals surface area contributed by atoms with Crippen LogP contribution >= 0.6 is 0 Å². The fourth-order valence-corrected chi connectivity index (χ4v) is 11.3. The van der Waals surface area contributed by atoms with E-state index < -0.39 is 40.8 Å². The van der Waals surface area contributed by atoms with Crippen molar-refractivity contribution in [2.75, 3.05) is 74.3 Å². The summed E-state index contributed by atoms with van der Waals surface area (Å²) >= 11 is 0. The molecule has 2 unspecified atom stereocenters. The minimum atomic E-state index is -1.03. The Bertz CT molecular complexity index is 2800. The molecule has 6 atom stereocenters. The molecule has 16 heteroatoms. The minimum absolute atomic E-state index is 0.159. The summed E-state index contributed by atoms with van der Waals surface area (Å²) in [6.45, 7) is 15.1. The second-order valence-corrected chi connectivity index (χ2v) is 22.1. The SMILES string of the molecule is CCn1c(-c2cccnc2[C@H](C)OC)c2c3cc(ccc31)-c1cccc(c1)C[C@H](NC(=O)C(C(C)C)N(C)C(=O)[C@H]1CCN(C(=O)C#CC3(N(C)C)CCOC3)C1)C(=O)N1CCC[C@H](CN1)C(=O)OCC(C)(C)C2. The molecule has 4 aromatic rings. The van der Waals surface area contributed by atoms with Crippen molar-refractivity contribution in [2.45, 2.75) is 110 Å². The number of esters is 1. The molecule has 8 rings (SSSR count). The van der Waals surface area contributed by atoms with E-state index >= 15 is 0 Å². The summed E-state index contributed by atoms with van der Waals surface area (Å²) in [6, 6.07) is 16.7. The van der Waals surface area contributed by atoms with Crippen LogP contribution in [0.2, 0.25) is 0 Å². The maximum Gasteiger partial charge on any atom is 0.310 e. The summed E-state index contributed by atoms with van der Waals surface area (Å²) in [5.41, 5.74) is 10.1. The molecule has 0 aliphatic carbocycles. The first-order valence-electron chi connectivity index (χ1n) is 26.4. The quantitative estimate of drug-likeness (QED) is 0.140. The van der Waals surface area contributed by atoms with E-state index in [1.807, 2.05) is 58.0 Å². The second-order valence-electron chi connectivity index (χ2n) is 22.1. The highest BCUT2D eigenvalue weighted by atomic mass is 16.5. The van der Waals surface area contributed by atoms with Gasteiger partial charge in [-0.1, -0.05) is 63.9 Å². The highest BCUT2D eigenvalue weighted by Crippen LogP contribution is 2.42. The predicted molar refractivity (Wildman–Crippen MR) is 284 cm³/mol. The number of fused-ring (bicyclic) bond motifs is 7. The van der Waals surface area contributed by atoms with Gasteiger partial charge in [-0.25, -0.2) is 5.43 Å². The van der Waals surface area contributed by atoms with E-state index in [1.165, 1.54) is 9.91 Å². The maximum atomic E-state index is 14.9. The average Bonchev–Trinajstić information content (AvgIpc) is 4.11. The molecule has 3 fully saturated rings. The standard InChI is InChI=1S/C58H76N8O8/c1-11-65-48-20-19-41-31-45(48)46(52(65)44-18-13-25-59-50(44)38(4)72-10)32-57(5,6)35-74-56(71)42-17-14-26-66(60-33-42)55(70)47(30-39-15-12-16-40(41)29-39)61-53(68)51(37(2)3)63(9)54(69)43-22-27-64(34-43)49(67)21-23-58(62(7)8)24-28-73-36-58/h12-13,15-16,18-20,25,29,31,37-38,42-43,47,51,60H,11,14,17,22,24,26-28,30,32-36H2,1-10H3,(H,61,68)/t38-,42+,43-,47-,51?,58?/m0/s1. The summed E-state index contributed by atoms with van der Waals surface area (Å²) in [6.07, 6.45) is 4.49. The summed E-state index contributed by atoms with van der Waals surface area (Å²) in [5, 5.41) is 5.72. The number of cyclic esters (lactones) is 1. The third-order valence-corrected chi connectivity index (χ3v) is 15.7. The Balaban J connectivity index is 1.11. The van der Waals surface area contributed by atoms with E-state index in [9.17, 15) is 24.0 Å². The molecule has 4 aliphatic heterocycles. The number of hydrogen-bond acceptors (Lipinski definition) is 11. The van der Waals surface area contributed by atoms with Crippen LogP contribution in [0.3, 0.4) is 0 Å². The number of nitrogens with one attached hydrogen (secondary N) is 2. The number of likely N-dealkylation sites (N-methyl/N-ethyl adjacent to an activating group) is 2. The zero-order chi connectivity index (χ0) is 53.1. The molecule has 16 nitrogen and oxygen atoms in total. The fraction of sp³-hybridized carbons (Fsp3) is 0.552. The number of nitrogens with zero attached hydrogens (tertiary/aromatic N) is 6. The van der Waals surface area contributed by atoms with Crippen LogP contribution in [0.1, 0.15) is 90.2 Å². The number of pyridine rings is 1. The molecular weight excluding hydrogens is 937 g/mol. The van der Waals surface area contributed by atoms with Gasteiger partial charge >= 0.3 is 5.97 Å². The molecule has 4 amide bonds. The lowest BCUT2D eigenvalue weighted by Crippen LogP contribution is -2.59. The van der Waals surface area contributed by atoms with E-state index in [-0.39, 0.29) is 61.8 Å². The topological polar surface area (TPSA) is 168 Å². The number of aromatic nitrogens is 2. The van der Waals surface area contributed by atoms with Gasteiger partial charge in [0.2, 0.25) is 11.8 Å². The van der Waals surface area contributed by atoms with Gasteiger partial charge in [0.25, 0.3) is 11.8 Å². The van der Waals surface area contributed by atoms with Crippen molar-refractivity contribution in [3.8, 4) is 34.2 Å². The Morgan fingerprint density at radius 2 is 1.78 bits per heavy atom. The molecule has 0 spiro atoms. The molecule has 6 heterocycles. The number of carbonyl (C=O) groups excluding carboxylic acids is 5. The molecule has 3 saturated heterocycles. The lowest BCUT2D eigenvalue weighted by molar-refractivity contribution is -0.152. The smallest absolute Gasteiger partial charge is 0.310 e. The fourth-order valence-electron chi connectivity index (χ4n) is 11.3. The molecule has 2 aromatic heterocycles. The van der Waals surface area contributed by atoms with Crippen molar-refractivity contribution in [3.05, 3.63) is 77.6 Å². The van der Waals surface area contributed by atoms with Gasteiger partial charge in [0.1, 0.15) is 17.6 Å². The van der Waals surface area contributed by atoms with Crippen LogP contribution in [0, 0.1) is 35.0 Å². The van der Waals surface area contributed by atoms with E-state index in [0.717, 1.165) is 50.1 Å². The molecule has 6 bridgehead atoms. The van der Waals surface area contributed by atoms with Gasteiger partial charge in [-0.2, -0.15) is 0 Å². The first-order valence-corrected chi connectivity index (χ1v) is 26.4. The summed E-state index contributed by atoms with van der Waals surface area (Å²) < 4.78 is 20.0. The number of amides is 4. The molecule has 396 valence electrons. The van der Waals surface area contributed by atoms with Crippen LogP contribution in [-0.2, 0) is 57.6 Å². The summed E-state index contributed by atoms with van der Waals surface area (Å²) in [7, 11) is 7.17. The number of likely N-dealkylation sites (tertiary alicyclic amines) is 1. The number of methoxy groups -OCH3 is 1. The van der Waals surface area contributed by atoms with Crippen LogP contribution in [0.25, 0.3) is 33.3 Å². The Labute approximate surface area is 436 Å². The van der Waals surface area contributed by atoms with Crippen LogP contribution in [0.15, 0.2) is 60.8 Å². The van der Waals surface area contributed by atoms with E-state index in [4.69, 9.17) is 19.2 Å². The zero-order valence-electron chi connectivity index (χ0n) is 45.1. The highest BCUT2D eigenvalue weighted by molar-refractivity contribution is 5.97. The Morgan fingerprint density at radius 3 is 2.50 bits per heavy atom. The molecule has 2 N–H and O–H groups in total. The molecule has 2 aromatic carbocycles. The van der Waals surface area contributed by atoms with E-state index in [2.05, 4.69) is 84.3 Å². The van der Waals surface area contributed by atoms with Crippen LogP contribution in [0.4, 0.5) is 0 Å². The molecule has 0 radical (unpaired) electrons. The highest BCUT2D eigenvalue weighted by Gasteiger charge is 2.41. The Hall–Kier alpha value is -6.12. The third kappa shape index (κ3) is 11.4. The molecular formula is C58H76N8O8. The lowest BCUT2D eigenvalue weighted by Gasteiger charge is -2.34. The number of hydrazine groups is 1. The van der Waals surface area contributed by atoms with Gasteiger partial charge in [-0.15, -0.1) is 0 Å². The largest absolute Gasteiger partial charge is 0.465 e. The molecule has 74 heavy (non-hydrogen) atoms. The Kier molecular flexibility index (Phi) is 16.7. The molecule has 4 aliphatic rings. The number of benzene rings is 2. The number of rotatable bonds is 10. The van der Waals surface area contributed by atoms with Crippen LogP contribution in [0.5, 0.6) is 0 Å². The summed E-state index contributed by atoms with van der Waals surface area (Å²) in [5.74, 6) is 2.92. The van der Waals surface area contributed by atoms with Crippen molar-refractivity contribution in [1.82, 2.24) is 40.0 Å². The van der Waals surface area contributed by atoms with Crippen LogP contribution in [-0.4, -0.2) is 151 Å². The van der Waals surface area contributed by atoms with Crippen molar-refractivity contribution in [1.29, 1.82) is 0 Å². The summed E-state index contributed by atoms with van der Waals surface area (Å²) in [4.78, 5) is 81.2. The monoisotopic (exact) mass is 1010 g/mol. The number of ether oxygens (including phenoxy) is 3. The van der Waals surface area contributed by atoms with Gasteiger partial charge in [0.15, 0.2) is 0 Å². The third-order valence-electron chi connectivity index (χ3n) is 15.7. The molecule has 0 saturated carbocycles. The number of hydrogen-bond donors (Lipinski definition) is 2. The first-order chi connectivity index (χ1) is 35.3. The minimum Gasteiger partial charge on any atom is -0.465 e. The van der Waals surface area contributed by atoms with Crippen molar-refractivity contribution >= 4 is 40.5 Å². The van der Waals surface area contributed by atoms with Gasteiger partial charge < -0.3 is 33.9 Å². The van der Waals surface area contributed by atoms with E-state index in [1.54, 1.807) is 25.3 Å². The van der Waals surface area contributed by atoms with Gasteiger partial charge in [-0.05, 0) is 112 Å². The average molecular weight is 1010 g/mol. The number of aryl methyl sites for hydroxylation is 1. The second kappa shape index (κ2) is 22.8. The number of carbonyl (C=O) groups is 5. The van der Waals surface area contributed by atoms with Gasteiger partial charge in [0.05, 0.1) is 42.5 Å². The normalized spacial score (nSPS) is 23.2. The predicted octanol–water partition coefficient (Wildman–Crippen LogP) is 6.05. The Morgan fingerprint density at radius 1 is 1.00 bits per heavy atom. The lowest BCUT2D eigenvalue weighted by atomic mass is 9.84. The van der Waals surface area contributed by atoms with Crippen molar-refractivity contribution < 1.29 is 38.2 Å². The van der Waals surface area contributed by atoms with Crippen molar-refractivity contribution in [3.63, 3.8) is 0 Å². The van der Waals surface area contributed by atoms with Crippen molar-refractivity contribution in [2.24, 2.45) is 23.2 Å². The van der Waals surface area contributed by atoms with E-state index in [0.29, 0.717) is 65.0 Å². The van der Waals surface area contributed by atoms with Gasteiger partial charge in [0, 0.05) is 94.4 Å². The zero-order valence-corrected chi connectivity index (χ0v) is 45.1. The van der Waals surface area contributed by atoms with Crippen LogP contribution < -0.4 is 10.7 Å².